The summed E-state index contributed by atoms with van der Waals surface area (Å²) in [5, 5.41) is 0. The van der Waals surface area contributed by atoms with E-state index in [1.165, 1.54) is 15.9 Å². The van der Waals surface area contributed by atoms with Crippen molar-refractivity contribution < 1.29 is 8.42 Å². The Hall–Kier alpha value is -3.17. The standard InChI is InChI=1S/C25H30N4O4S/c1-18(2)20-10-12-22(13-11-20)34(32,33)28-16-14-27(15-17-28)23-19(3)29(21-8-6-5-7-9-21)25(31)26(4)24(23)30/h5-13,18H,14-17H2,1-4H3. The summed E-state index contributed by atoms with van der Waals surface area (Å²) >= 11 is 0. The lowest BCUT2D eigenvalue weighted by atomic mass is 10.0. The second kappa shape index (κ2) is 9.23. The average molecular weight is 483 g/mol. The van der Waals surface area contributed by atoms with Crippen LogP contribution in [0.1, 0.15) is 31.0 Å². The summed E-state index contributed by atoms with van der Waals surface area (Å²) in [6.45, 7) is 7.09. The van der Waals surface area contributed by atoms with Crippen LogP contribution < -0.4 is 16.1 Å². The molecule has 2 aromatic carbocycles. The molecule has 1 aliphatic rings. The van der Waals surface area contributed by atoms with E-state index in [2.05, 4.69) is 13.8 Å². The van der Waals surface area contributed by atoms with Crippen molar-refractivity contribution in [3.8, 4) is 5.69 Å². The maximum Gasteiger partial charge on any atom is 0.335 e. The van der Waals surface area contributed by atoms with Gasteiger partial charge in [-0.1, -0.05) is 44.2 Å². The topological polar surface area (TPSA) is 84.6 Å². The van der Waals surface area contributed by atoms with E-state index in [0.29, 0.717) is 36.1 Å². The van der Waals surface area contributed by atoms with Crippen molar-refractivity contribution in [2.45, 2.75) is 31.6 Å². The first-order valence-corrected chi connectivity index (χ1v) is 12.8. The molecule has 0 aliphatic carbocycles. The molecule has 3 aromatic rings. The van der Waals surface area contributed by atoms with Crippen molar-refractivity contribution in [3.05, 3.63) is 86.7 Å². The molecule has 1 aromatic heterocycles. The van der Waals surface area contributed by atoms with Crippen LogP contribution in [0, 0.1) is 6.92 Å². The molecule has 1 saturated heterocycles. The second-order valence-electron chi connectivity index (χ2n) is 8.87. The van der Waals surface area contributed by atoms with E-state index in [1.807, 2.05) is 47.4 Å². The minimum atomic E-state index is -3.63. The number of anilines is 1. The highest BCUT2D eigenvalue weighted by atomic mass is 32.2. The lowest BCUT2D eigenvalue weighted by molar-refractivity contribution is 0.383. The maximum absolute atomic E-state index is 13.2. The Morgan fingerprint density at radius 3 is 2.00 bits per heavy atom. The third-order valence-corrected chi connectivity index (χ3v) is 8.33. The minimum absolute atomic E-state index is 0.251. The number of para-hydroxylation sites is 1. The molecule has 4 rings (SSSR count). The first kappa shape index (κ1) is 24.0. The molecule has 2 heterocycles. The number of rotatable bonds is 5. The molecule has 0 radical (unpaired) electrons. The Kier molecular flexibility index (Phi) is 6.51. The fraction of sp³-hybridized carbons (Fsp3) is 0.360. The molecule has 0 amide bonds. The second-order valence-corrected chi connectivity index (χ2v) is 10.8. The first-order valence-electron chi connectivity index (χ1n) is 11.4. The van der Waals surface area contributed by atoms with Crippen LogP contribution in [-0.4, -0.2) is 48.0 Å². The van der Waals surface area contributed by atoms with Crippen molar-refractivity contribution >= 4 is 15.7 Å². The van der Waals surface area contributed by atoms with Crippen LogP contribution in [0.4, 0.5) is 5.69 Å². The molecule has 8 nitrogen and oxygen atoms in total. The summed E-state index contributed by atoms with van der Waals surface area (Å²) < 4.78 is 30.4. The summed E-state index contributed by atoms with van der Waals surface area (Å²) in [5.41, 5.74) is 1.93. The Balaban J connectivity index is 1.62. The van der Waals surface area contributed by atoms with E-state index < -0.39 is 15.7 Å². The molecule has 0 bridgehead atoms. The Bertz CT molecular complexity index is 1400. The van der Waals surface area contributed by atoms with E-state index in [-0.39, 0.29) is 23.5 Å². The Labute approximate surface area is 199 Å². The van der Waals surface area contributed by atoms with Crippen molar-refractivity contribution in [2.75, 3.05) is 31.1 Å². The third kappa shape index (κ3) is 4.21. The predicted molar refractivity (Wildman–Crippen MR) is 134 cm³/mol. The van der Waals surface area contributed by atoms with Gasteiger partial charge in [0.15, 0.2) is 0 Å². The van der Waals surface area contributed by atoms with Gasteiger partial charge in [0, 0.05) is 33.2 Å². The molecule has 0 spiro atoms. The van der Waals surface area contributed by atoms with E-state index in [0.717, 1.165) is 10.1 Å². The van der Waals surface area contributed by atoms with Gasteiger partial charge in [-0.2, -0.15) is 4.31 Å². The fourth-order valence-electron chi connectivity index (χ4n) is 4.37. The van der Waals surface area contributed by atoms with Crippen molar-refractivity contribution in [1.82, 2.24) is 13.4 Å². The number of benzene rings is 2. The number of aromatic nitrogens is 2. The van der Waals surface area contributed by atoms with Gasteiger partial charge in [-0.05, 0) is 42.7 Å². The Morgan fingerprint density at radius 1 is 0.853 bits per heavy atom. The van der Waals surface area contributed by atoms with Gasteiger partial charge in [0.05, 0.1) is 16.3 Å². The van der Waals surface area contributed by atoms with Crippen LogP contribution >= 0.6 is 0 Å². The molecule has 1 aliphatic heterocycles. The van der Waals surface area contributed by atoms with Gasteiger partial charge in [-0.25, -0.2) is 13.2 Å². The van der Waals surface area contributed by atoms with Gasteiger partial charge in [-0.15, -0.1) is 0 Å². The van der Waals surface area contributed by atoms with Crippen LogP contribution in [0.25, 0.3) is 5.69 Å². The quantitative estimate of drug-likeness (QED) is 0.558. The van der Waals surface area contributed by atoms with Gasteiger partial charge in [-0.3, -0.25) is 13.9 Å². The van der Waals surface area contributed by atoms with Crippen LogP contribution in [0.15, 0.2) is 69.1 Å². The lowest BCUT2D eigenvalue weighted by Gasteiger charge is -2.36. The van der Waals surface area contributed by atoms with Gasteiger partial charge in [0.25, 0.3) is 5.56 Å². The Morgan fingerprint density at radius 2 is 1.44 bits per heavy atom. The molecule has 0 unspecified atom stereocenters. The summed E-state index contributed by atoms with van der Waals surface area (Å²) in [6, 6.07) is 16.2. The zero-order chi connectivity index (χ0) is 24.6. The summed E-state index contributed by atoms with van der Waals surface area (Å²) in [5.74, 6) is 0.324. The largest absolute Gasteiger partial charge is 0.363 e. The zero-order valence-corrected chi connectivity index (χ0v) is 20.7. The number of sulfonamides is 1. The van der Waals surface area contributed by atoms with E-state index in [4.69, 9.17) is 0 Å². The summed E-state index contributed by atoms with van der Waals surface area (Å²) in [6.07, 6.45) is 0. The minimum Gasteiger partial charge on any atom is -0.363 e. The van der Waals surface area contributed by atoms with E-state index in [9.17, 15) is 18.0 Å². The predicted octanol–water partition coefficient (Wildman–Crippen LogP) is 2.48. The molecular formula is C25H30N4O4S. The fourth-order valence-corrected chi connectivity index (χ4v) is 5.79. The number of hydrogen-bond acceptors (Lipinski definition) is 5. The van der Waals surface area contributed by atoms with Crippen LogP contribution in [0.2, 0.25) is 0 Å². The van der Waals surface area contributed by atoms with Crippen molar-refractivity contribution in [2.24, 2.45) is 7.05 Å². The molecular weight excluding hydrogens is 452 g/mol. The van der Waals surface area contributed by atoms with Crippen LogP contribution in [-0.2, 0) is 17.1 Å². The van der Waals surface area contributed by atoms with Crippen LogP contribution in [0.3, 0.4) is 0 Å². The zero-order valence-electron chi connectivity index (χ0n) is 19.9. The molecule has 34 heavy (non-hydrogen) atoms. The van der Waals surface area contributed by atoms with Crippen molar-refractivity contribution in [3.63, 3.8) is 0 Å². The highest BCUT2D eigenvalue weighted by Crippen LogP contribution is 2.23. The van der Waals surface area contributed by atoms with E-state index >= 15 is 0 Å². The summed E-state index contributed by atoms with van der Waals surface area (Å²) in [4.78, 5) is 28.1. The number of hydrogen-bond donors (Lipinski definition) is 0. The molecule has 0 N–H and O–H groups in total. The van der Waals surface area contributed by atoms with Gasteiger partial charge >= 0.3 is 5.69 Å². The van der Waals surface area contributed by atoms with Gasteiger partial charge in [0.2, 0.25) is 10.0 Å². The normalized spacial score (nSPS) is 15.1. The monoisotopic (exact) mass is 482 g/mol. The van der Waals surface area contributed by atoms with E-state index in [1.54, 1.807) is 19.1 Å². The average Bonchev–Trinajstić information content (AvgIpc) is 2.84. The smallest absolute Gasteiger partial charge is 0.335 e. The first-order chi connectivity index (χ1) is 16.1. The molecule has 0 saturated carbocycles. The summed E-state index contributed by atoms with van der Waals surface area (Å²) in [7, 11) is -2.16. The van der Waals surface area contributed by atoms with Crippen molar-refractivity contribution in [1.29, 1.82) is 0 Å². The number of nitrogens with zero attached hydrogens (tertiary/aromatic N) is 4. The van der Waals surface area contributed by atoms with Gasteiger partial charge < -0.3 is 4.90 Å². The van der Waals surface area contributed by atoms with Gasteiger partial charge in [0.1, 0.15) is 5.69 Å². The molecule has 9 heteroatoms. The third-order valence-electron chi connectivity index (χ3n) is 6.42. The highest BCUT2D eigenvalue weighted by molar-refractivity contribution is 7.89. The number of piperazine rings is 1. The highest BCUT2D eigenvalue weighted by Gasteiger charge is 2.31. The van der Waals surface area contributed by atoms with Crippen LogP contribution in [0.5, 0.6) is 0 Å². The maximum atomic E-state index is 13.2. The SMILES string of the molecule is Cc1c(N2CCN(S(=O)(=O)c3ccc(C(C)C)cc3)CC2)c(=O)n(C)c(=O)n1-c1ccccc1. The molecule has 0 atom stereocenters. The molecule has 180 valence electrons. The lowest BCUT2D eigenvalue weighted by Crippen LogP contribution is -2.52. The molecule has 1 fully saturated rings.